The van der Waals surface area contributed by atoms with Crippen molar-refractivity contribution in [3.8, 4) is 0 Å². The minimum absolute atomic E-state index is 0.211. The zero-order chi connectivity index (χ0) is 13.9. The van der Waals surface area contributed by atoms with E-state index in [-0.39, 0.29) is 12.1 Å². The highest BCUT2D eigenvalue weighted by Gasteiger charge is 2.36. The van der Waals surface area contributed by atoms with Gasteiger partial charge in [0.05, 0.1) is 18.8 Å². The SMILES string of the molecule is CCNC(c1cccc(Cl)c1)C1CN2CCCC2CO1. The van der Waals surface area contributed by atoms with Crippen LogP contribution in [0.3, 0.4) is 0 Å². The van der Waals surface area contributed by atoms with E-state index in [2.05, 4.69) is 23.2 Å². The highest BCUT2D eigenvalue weighted by molar-refractivity contribution is 6.30. The maximum atomic E-state index is 6.15. The molecule has 0 spiro atoms. The van der Waals surface area contributed by atoms with Crippen LogP contribution in [0.4, 0.5) is 0 Å². The van der Waals surface area contributed by atoms with Crippen LogP contribution in [0.15, 0.2) is 24.3 Å². The fourth-order valence-electron chi connectivity index (χ4n) is 3.43. The first-order valence-electron chi connectivity index (χ1n) is 7.62. The van der Waals surface area contributed by atoms with Crippen LogP contribution in [-0.2, 0) is 4.74 Å². The first kappa shape index (κ1) is 14.3. The number of halogens is 1. The van der Waals surface area contributed by atoms with E-state index in [1.807, 2.05) is 18.2 Å². The van der Waals surface area contributed by atoms with Crippen LogP contribution in [0.5, 0.6) is 0 Å². The van der Waals surface area contributed by atoms with E-state index in [1.54, 1.807) is 0 Å². The molecule has 1 aromatic carbocycles. The average molecular weight is 295 g/mol. The first-order chi connectivity index (χ1) is 9.78. The van der Waals surface area contributed by atoms with E-state index >= 15 is 0 Å². The minimum atomic E-state index is 0.211. The number of nitrogens with zero attached hydrogens (tertiary/aromatic N) is 1. The third kappa shape index (κ3) is 3.01. The van der Waals surface area contributed by atoms with Crippen LogP contribution in [-0.4, -0.2) is 43.3 Å². The zero-order valence-electron chi connectivity index (χ0n) is 12.0. The van der Waals surface area contributed by atoms with Crippen LogP contribution in [0, 0.1) is 0 Å². The highest BCUT2D eigenvalue weighted by atomic mass is 35.5. The fourth-order valence-corrected chi connectivity index (χ4v) is 3.63. The summed E-state index contributed by atoms with van der Waals surface area (Å²) in [4.78, 5) is 2.59. The Morgan fingerprint density at radius 1 is 1.50 bits per heavy atom. The molecule has 0 amide bonds. The molecule has 2 heterocycles. The maximum Gasteiger partial charge on any atom is 0.0897 e. The lowest BCUT2D eigenvalue weighted by Gasteiger charge is -2.39. The number of ether oxygens (including phenoxy) is 1. The number of morpholine rings is 1. The Bertz CT molecular complexity index is 454. The average Bonchev–Trinajstić information content (AvgIpc) is 2.92. The second kappa shape index (κ2) is 6.44. The molecule has 20 heavy (non-hydrogen) atoms. The largest absolute Gasteiger partial charge is 0.373 e. The standard InChI is InChI=1S/C16H23ClN2O/c1-2-18-16(12-5-3-6-13(17)9-12)15-10-19-8-4-7-14(19)11-20-15/h3,5-6,9,14-16,18H,2,4,7-8,10-11H2,1H3. The van der Waals surface area contributed by atoms with E-state index in [0.29, 0.717) is 6.04 Å². The number of likely N-dealkylation sites (N-methyl/N-ethyl adjacent to an activating group) is 1. The van der Waals surface area contributed by atoms with E-state index < -0.39 is 0 Å². The molecule has 3 rings (SSSR count). The normalized spacial score (nSPS) is 28.3. The number of hydrogen-bond donors (Lipinski definition) is 1. The third-order valence-electron chi connectivity index (χ3n) is 4.42. The van der Waals surface area contributed by atoms with Gasteiger partial charge in [0, 0.05) is 17.6 Å². The van der Waals surface area contributed by atoms with Gasteiger partial charge in [-0.15, -0.1) is 0 Å². The Balaban J connectivity index is 1.76. The minimum Gasteiger partial charge on any atom is -0.373 e. The van der Waals surface area contributed by atoms with Crippen LogP contribution in [0.25, 0.3) is 0 Å². The Morgan fingerprint density at radius 3 is 3.20 bits per heavy atom. The Labute approximate surface area is 126 Å². The smallest absolute Gasteiger partial charge is 0.0897 e. The number of benzene rings is 1. The van der Waals surface area contributed by atoms with Gasteiger partial charge in [0.25, 0.3) is 0 Å². The molecule has 1 aromatic rings. The van der Waals surface area contributed by atoms with Crippen molar-refractivity contribution in [3.63, 3.8) is 0 Å². The van der Waals surface area contributed by atoms with Crippen molar-refractivity contribution in [3.05, 3.63) is 34.9 Å². The molecular weight excluding hydrogens is 272 g/mol. The van der Waals surface area contributed by atoms with Crippen molar-refractivity contribution in [1.82, 2.24) is 10.2 Å². The molecule has 3 nitrogen and oxygen atoms in total. The van der Waals surface area contributed by atoms with Gasteiger partial charge in [0.1, 0.15) is 0 Å². The summed E-state index contributed by atoms with van der Waals surface area (Å²) in [6.45, 7) is 6.18. The summed E-state index contributed by atoms with van der Waals surface area (Å²) in [6.07, 6.45) is 2.81. The topological polar surface area (TPSA) is 24.5 Å². The first-order valence-corrected chi connectivity index (χ1v) is 8.00. The van der Waals surface area contributed by atoms with Gasteiger partial charge in [-0.1, -0.05) is 30.7 Å². The van der Waals surface area contributed by atoms with Gasteiger partial charge in [-0.3, -0.25) is 4.90 Å². The molecule has 4 heteroatoms. The molecule has 3 atom stereocenters. The summed E-state index contributed by atoms with van der Waals surface area (Å²) < 4.78 is 6.15. The molecule has 2 fully saturated rings. The summed E-state index contributed by atoms with van der Waals surface area (Å²) in [5.41, 5.74) is 1.22. The number of nitrogens with one attached hydrogen (secondary N) is 1. The molecule has 110 valence electrons. The van der Waals surface area contributed by atoms with Gasteiger partial charge in [-0.05, 0) is 43.6 Å². The molecule has 2 aliphatic heterocycles. The lowest BCUT2D eigenvalue weighted by molar-refractivity contribution is -0.0650. The molecule has 0 aliphatic carbocycles. The predicted octanol–water partition coefficient (Wildman–Crippen LogP) is 2.85. The van der Waals surface area contributed by atoms with Gasteiger partial charge < -0.3 is 10.1 Å². The summed E-state index contributed by atoms with van der Waals surface area (Å²) in [6, 6.07) is 9.00. The summed E-state index contributed by atoms with van der Waals surface area (Å²) >= 11 is 6.14. The van der Waals surface area contributed by atoms with Crippen LogP contribution >= 0.6 is 11.6 Å². The third-order valence-corrected chi connectivity index (χ3v) is 4.65. The van der Waals surface area contributed by atoms with E-state index in [4.69, 9.17) is 16.3 Å². The molecular formula is C16H23ClN2O. The van der Waals surface area contributed by atoms with Gasteiger partial charge >= 0.3 is 0 Å². The summed E-state index contributed by atoms with van der Waals surface area (Å²) in [5.74, 6) is 0. The van der Waals surface area contributed by atoms with E-state index in [0.717, 1.165) is 24.7 Å². The van der Waals surface area contributed by atoms with Crippen LogP contribution in [0.2, 0.25) is 5.02 Å². The van der Waals surface area contributed by atoms with Gasteiger partial charge in [0.2, 0.25) is 0 Å². The molecule has 2 aliphatic rings. The van der Waals surface area contributed by atoms with Crippen LogP contribution < -0.4 is 5.32 Å². The number of rotatable bonds is 4. The summed E-state index contributed by atoms with van der Waals surface area (Å²) in [7, 11) is 0. The molecule has 0 aromatic heterocycles. The van der Waals surface area contributed by atoms with Crippen molar-refractivity contribution in [2.24, 2.45) is 0 Å². The molecule has 3 unspecified atom stereocenters. The summed E-state index contributed by atoms with van der Waals surface area (Å²) in [5, 5.41) is 4.36. The fraction of sp³-hybridized carbons (Fsp3) is 0.625. The molecule has 1 N–H and O–H groups in total. The molecule has 0 radical (unpaired) electrons. The zero-order valence-corrected chi connectivity index (χ0v) is 12.8. The van der Waals surface area contributed by atoms with Crippen molar-refractivity contribution in [2.45, 2.75) is 38.0 Å². The van der Waals surface area contributed by atoms with Crippen molar-refractivity contribution in [1.29, 1.82) is 0 Å². The maximum absolute atomic E-state index is 6.15. The number of hydrogen-bond acceptors (Lipinski definition) is 3. The van der Waals surface area contributed by atoms with Gasteiger partial charge in [-0.2, -0.15) is 0 Å². The second-order valence-electron chi connectivity index (χ2n) is 5.75. The molecule has 0 saturated carbocycles. The second-order valence-corrected chi connectivity index (χ2v) is 6.19. The van der Waals surface area contributed by atoms with Crippen molar-refractivity contribution >= 4 is 11.6 Å². The highest BCUT2D eigenvalue weighted by Crippen LogP contribution is 2.29. The predicted molar refractivity (Wildman–Crippen MR) is 82.2 cm³/mol. The van der Waals surface area contributed by atoms with Crippen molar-refractivity contribution in [2.75, 3.05) is 26.2 Å². The molecule has 2 saturated heterocycles. The molecule has 0 bridgehead atoms. The van der Waals surface area contributed by atoms with Crippen LogP contribution in [0.1, 0.15) is 31.4 Å². The lowest BCUT2D eigenvalue weighted by Crippen LogP contribution is -2.50. The lowest BCUT2D eigenvalue weighted by atomic mass is 9.99. The Kier molecular flexibility index (Phi) is 4.61. The number of fused-ring (bicyclic) bond motifs is 1. The van der Waals surface area contributed by atoms with Gasteiger partial charge in [0.15, 0.2) is 0 Å². The monoisotopic (exact) mass is 294 g/mol. The Morgan fingerprint density at radius 2 is 2.40 bits per heavy atom. The van der Waals surface area contributed by atoms with Gasteiger partial charge in [-0.25, -0.2) is 0 Å². The van der Waals surface area contributed by atoms with Crippen molar-refractivity contribution < 1.29 is 4.74 Å². The van der Waals surface area contributed by atoms with E-state index in [9.17, 15) is 0 Å². The quantitative estimate of drug-likeness (QED) is 0.924. The van der Waals surface area contributed by atoms with E-state index in [1.165, 1.54) is 24.9 Å². The Hall–Kier alpha value is -0.610.